The summed E-state index contributed by atoms with van der Waals surface area (Å²) in [6, 6.07) is 7.89. The highest BCUT2D eigenvalue weighted by molar-refractivity contribution is 5.97. The second-order valence-electron chi connectivity index (χ2n) is 8.70. The van der Waals surface area contributed by atoms with Crippen LogP contribution in [0, 0.1) is 6.92 Å². The molecular weight excluding hydrogens is 439 g/mol. The minimum atomic E-state index is -4.70. The van der Waals surface area contributed by atoms with Crippen LogP contribution < -0.4 is 4.74 Å². The number of hydrogen-bond donors (Lipinski definition) is 0. The number of aromatic nitrogens is 2. The van der Waals surface area contributed by atoms with E-state index in [0.29, 0.717) is 11.6 Å². The Kier molecular flexibility index (Phi) is 7.20. The van der Waals surface area contributed by atoms with E-state index in [-0.39, 0.29) is 5.75 Å². The van der Waals surface area contributed by atoms with Crippen molar-refractivity contribution < 1.29 is 17.9 Å². The van der Waals surface area contributed by atoms with Gasteiger partial charge >= 0.3 is 6.36 Å². The number of aliphatic imine (C=N–C) groups is 1. The van der Waals surface area contributed by atoms with Crippen molar-refractivity contribution in [3.63, 3.8) is 0 Å². The van der Waals surface area contributed by atoms with Gasteiger partial charge in [0.05, 0.1) is 11.4 Å². The van der Waals surface area contributed by atoms with Gasteiger partial charge in [0.15, 0.2) is 0 Å². The molecule has 4 nitrogen and oxygen atoms in total. The lowest BCUT2D eigenvalue weighted by molar-refractivity contribution is -0.274. The Balaban J connectivity index is 1.40. The summed E-state index contributed by atoms with van der Waals surface area (Å²) in [5.41, 5.74) is 6.14. The van der Waals surface area contributed by atoms with Crippen molar-refractivity contribution in [2.75, 3.05) is 0 Å². The zero-order valence-corrected chi connectivity index (χ0v) is 19.2. The van der Waals surface area contributed by atoms with Gasteiger partial charge in [-0.15, -0.1) is 13.2 Å². The van der Waals surface area contributed by atoms with Crippen LogP contribution in [0.15, 0.2) is 83.6 Å². The molecule has 0 saturated heterocycles. The third-order valence-electron chi connectivity index (χ3n) is 6.12. The van der Waals surface area contributed by atoms with Crippen molar-refractivity contribution in [1.29, 1.82) is 0 Å². The summed E-state index contributed by atoms with van der Waals surface area (Å²) in [6.45, 7) is 5.90. The fraction of sp³-hybridized carbons (Fsp3) is 0.333. The van der Waals surface area contributed by atoms with Crippen molar-refractivity contribution in [2.45, 2.75) is 57.7 Å². The largest absolute Gasteiger partial charge is 0.573 e. The van der Waals surface area contributed by atoms with Crippen LogP contribution >= 0.6 is 0 Å². The van der Waals surface area contributed by atoms with Crippen LogP contribution in [0.4, 0.5) is 13.2 Å². The van der Waals surface area contributed by atoms with Gasteiger partial charge in [0.25, 0.3) is 0 Å². The monoisotopic (exact) mass is 467 g/mol. The van der Waals surface area contributed by atoms with Crippen LogP contribution in [-0.2, 0) is 0 Å². The van der Waals surface area contributed by atoms with E-state index in [1.807, 2.05) is 25.2 Å². The van der Waals surface area contributed by atoms with Gasteiger partial charge in [0, 0.05) is 29.9 Å². The van der Waals surface area contributed by atoms with E-state index in [4.69, 9.17) is 5.10 Å². The van der Waals surface area contributed by atoms with Crippen molar-refractivity contribution >= 4 is 5.71 Å². The SMILES string of the molecule is C=C1C=CN=C(CC=C2CCCC(c3cc(C)n(-c4ccc(OC(F)(F)F)cc4)n3)CC2)C=C1. The number of hydrogen-bond acceptors (Lipinski definition) is 3. The number of nitrogens with zero attached hydrogens (tertiary/aromatic N) is 3. The van der Waals surface area contributed by atoms with E-state index in [1.165, 1.54) is 17.7 Å². The molecule has 34 heavy (non-hydrogen) atoms. The van der Waals surface area contributed by atoms with Crippen molar-refractivity contribution in [1.82, 2.24) is 9.78 Å². The van der Waals surface area contributed by atoms with Crippen LogP contribution in [-0.4, -0.2) is 21.9 Å². The molecule has 0 amide bonds. The molecule has 1 aliphatic heterocycles. The maximum absolute atomic E-state index is 12.4. The Labute approximate surface area is 197 Å². The number of halogens is 3. The predicted octanol–water partition coefficient (Wildman–Crippen LogP) is 7.52. The van der Waals surface area contributed by atoms with Crippen molar-refractivity contribution in [2.24, 2.45) is 4.99 Å². The van der Waals surface area contributed by atoms with Gasteiger partial charge in [-0.1, -0.05) is 24.3 Å². The van der Waals surface area contributed by atoms with Crippen LogP contribution in [0.1, 0.15) is 55.8 Å². The topological polar surface area (TPSA) is 39.4 Å². The lowest BCUT2D eigenvalue weighted by Crippen LogP contribution is -2.17. The summed E-state index contributed by atoms with van der Waals surface area (Å²) in [5, 5.41) is 4.80. The molecule has 0 radical (unpaired) electrons. The molecule has 1 aromatic heterocycles. The molecule has 4 rings (SSSR count). The predicted molar refractivity (Wildman–Crippen MR) is 128 cm³/mol. The van der Waals surface area contributed by atoms with Crippen molar-refractivity contribution in [3.8, 4) is 11.4 Å². The maximum Gasteiger partial charge on any atom is 0.573 e. The molecule has 1 unspecified atom stereocenters. The lowest BCUT2D eigenvalue weighted by Gasteiger charge is -2.11. The standard InChI is InChI=1S/C27H28F3N3O/c1-19-6-10-23(31-17-16-19)11-8-21-4-3-5-22(9-7-21)26-18-20(2)33(32-26)24-12-14-25(15-13-24)34-27(28,29)30/h6,8,10,12-18,22H,1,3-5,7,9,11H2,2H3. The summed E-state index contributed by atoms with van der Waals surface area (Å²) in [5.74, 6) is 0.121. The minimum Gasteiger partial charge on any atom is -0.406 e. The Bertz CT molecular complexity index is 1150. The molecule has 1 aliphatic carbocycles. The average Bonchev–Trinajstić information content (AvgIpc) is 2.94. The first-order valence-electron chi connectivity index (χ1n) is 11.5. The molecule has 1 fully saturated rings. The smallest absolute Gasteiger partial charge is 0.406 e. The average molecular weight is 468 g/mol. The van der Waals surface area contributed by atoms with Gasteiger partial charge in [-0.3, -0.25) is 4.99 Å². The van der Waals surface area contributed by atoms with Crippen molar-refractivity contribution in [3.05, 3.63) is 89.9 Å². The van der Waals surface area contributed by atoms with E-state index in [9.17, 15) is 13.2 Å². The molecule has 1 atom stereocenters. The second-order valence-corrected chi connectivity index (χ2v) is 8.70. The maximum atomic E-state index is 12.4. The van der Waals surface area contributed by atoms with Gasteiger partial charge in [0.1, 0.15) is 5.75 Å². The Morgan fingerprint density at radius 1 is 1.12 bits per heavy atom. The van der Waals surface area contributed by atoms with Gasteiger partial charge in [-0.25, -0.2) is 4.68 Å². The quantitative estimate of drug-likeness (QED) is 0.337. The summed E-state index contributed by atoms with van der Waals surface area (Å²) in [7, 11) is 0. The van der Waals surface area contributed by atoms with Crippen LogP contribution in [0.2, 0.25) is 0 Å². The van der Waals surface area contributed by atoms with Gasteiger partial charge in [-0.2, -0.15) is 5.10 Å². The summed E-state index contributed by atoms with van der Waals surface area (Å²) in [4.78, 5) is 4.48. The molecule has 1 saturated carbocycles. The zero-order chi connectivity index (χ0) is 24.1. The highest BCUT2D eigenvalue weighted by atomic mass is 19.4. The van der Waals surface area contributed by atoms with E-state index in [2.05, 4.69) is 28.5 Å². The zero-order valence-electron chi connectivity index (χ0n) is 19.2. The normalized spacial score (nSPS) is 20.2. The summed E-state index contributed by atoms with van der Waals surface area (Å²) in [6.07, 6.45) is 11.4. The number of ether oxygens (including phenoxy) is 1. The Hall–Kier alpha value is -3.35. The lowest BCUT2D eigenvalue weighted by atomic mass is 9.96. The highest BCUT2D eigenvalue weighted by Gasteiger charge is 2.31. The third kappa shape index (κ3) is 6.37. The molecule has 0 bridgehead atoms. The van der Waals surface area contributed by atoms with E-state index < -0.39 is 6.36 Å². The Morgan fingerprint density at radius 2 is 1.91 bits per heavy atom. The molecule has 0 spiro atoms. The van der Waals surface area contributed by atoms with E-state index in [1.54, 1.807) is 23.0 Å². The fourth-order valence-corrected chi connectivity index (χ4v) is 4.35. The van der Waals surface area contributed by atoms with Gasteiger partial charge < -0.3 is 4.74 Å². The molecular formula is C27H28F3N3O. The first-order chi connectivity index (χ1) is 16.3. The minimum absolute atomic E-state index is 0.240. The second kappa shape index (κ2) is 10.3. The fourth-order valence-electron chi connectivity index (χ4n) is 4.35. The van der Waals surface area contributed by atoms with Gasteiger partial charge in [-0.05, 0) is 87.1 Å². The number of rotatable bonds is 5. The molecule has 2 aromatic rings. The van der Waals surface area contributed by atoms with Gasteiger partial charge in [0.2, 0.25) is 0 Å². The molecule has 1 aromatic carbocycles. The molecule has 2 aliphatic rings. The number of benzene rings is 1. The highest BCUT2D eigenvalue weighted by Crippen LogP contribution is 2.34. The van der Waals surface area contributed by atoms with E-state index in [0.717, 1.165) is 61.2 Å². The summed E-state index contributed by atoms with van der Waals surface area (Å²) < 4.78 is 43.0. The first-order valence-corrected chi connectivity index (χ1v) is 11.5. The van der Waals surface area contributed by atoms with Crippen LogP contribution in [0.5, 0.6) is 5.75 Å². The first kappa shape index (κ1) is 23.8. The number of aryl methyl sites for hydroxylation is 1. The molecule has 0 N–H and O–H groups in total. The summed E-state index contributed by atoms with van der Waals surface area (Å²) >= 11 is 0. The Morgan fingerprint density at radius 3 is 2.68 bits per heavy atom. The van der Waals surface area contributed by atoms with Crippen LogP contribution in [0.25, 0.3) is 5.69 Å². The third-order valence-corrected chi connectivity index (χ3v) is 6.12. The molecule has 178 valence electrons. The van der Waals surface area contributed by atoms with E-state index >= 15 is 0 Å². The number of alkyl halides is 3. The molecule has 2 heterocycles. The molecule has 7 heteroatoms. The number of allylic oxidation sites excluding steroid dienone is 6. The van der Waals surface area contributed by atoms with Crippen LogP contribution in [0.3, 0.4) is 0 Å².